The van der Waals surface area contributed by atoms with E-state index in [1.165, 1.54) is 32.1 Å². The quantitative estimate of drug-likeness (QED) is 0.684. The maximum atomic E-state index is 11.8. The Morgan fingerprint density at radius 3 is 2.30 bits per heavy atom. The van der Waals surface area contributed by atoms with E-state index in [1.54, 1.807) is 0 Å². The lowest BCUT2D eigenvalue weighted by Gasteiger charge is -2.28. The highest BCUT2D eigenvalue weighted by atomic mass is 16.2. The van der Waals surface area contributed by atoms with Gasteiger partial charge in [-0.05, 0) is 31.6 Å². The number of amides is 2. The molecule has 5 nitrogen and oxygen atoms in total. The van der Waals surface area contributed by atoms with Crippen molar-refractivity contribution < 1.29 is 9.59 Å². The number of hydrogen-bond acceptors (Lipinski definition) is 3. The van der Waals surface area contributed by atoms with Crippen molar-refractivity contribution >= 4 is 11.8 Å². The minimum Gasteiger partial charge on any atom is -0.352 e. The van der Waals surface area contributed by atoms with Gasteiger partial charge in [0.25, 0.3) is 0 Å². The summed E-state index contributed by atoms with van der Waals surface area (Å²) in [6.45, 7) is 5.83. The lowest BCUT2D eigenvalue weighted by molar-refractivity contribution is -0.127. The first kappa shape index (κ1) is 17.0. The Balaban J connectivity index is 2.27. The van der Waals surface area contributed by atoms with Gasteiger partial charge in [0.2, 0.25) is 11.8 Å². The molecule has 0 aromatic carbocycles. The first-order chi connectivity index (χ1) is 9.41. The maximum absolute atomic E-state index is 11.8. The van der Waals surface area contributed by atoms with E-state index in [2.05, 4.69) is 17.6 Å². The van der Waals surface area contributed by atoms with E-state index in [0.717, 1.165) is 0 Å². The molecule has 0 heterocycles. The third-order valence-electron chi connectivity index (χ3n) is 4.19. The summed E-state index contributed by atoms with van der Waals surface area (Å²) in [6, 6.07) is -0.378. The summed E-state index contributed by atoms with van der Waals surface area (Å²) in [5.41, 5.74) is 5.72. The molecule has 20 heavy (non-hydrogen) atoms. The van der Waals surface area contributed by atoms with Crippen molar-refractivity contribution in [2.45, 2.75) is 65.0 Å². The molecule has 0 aromatic heterocycles. The molecule has 0 unspecified atom stereocenters. The van der Waals surface area contributed by atoms with Crippen LogP contribution in [0.1, 0.15) is 52.9 Å². The average Bonchev–Trinajstić information content (AvgIpc) is 2.44. The summed E-state index contributed by atoms with van der Waals surface area (Å²) in [6.07, 6.45) is 6.19. The van der Waals surface area contributed by atoms with Crippen molar-refractivity contribution in [2.24, 2.45) is 17.6 Å². The molecule has 0 bridgehead atoms. The molecule has 1 aliphatic carbocycles. The zero-order valence-corrected chi connectivity index (χ0v) is 12.9. The van der Waals surface area contributed by atoms with E-state index in [4.69, 9.17) is 5.73 Å². The molecule has 2 amide bonds. The Morgan fingerprint density at radius 2 is 1.75 bits per heavy atom. The lowest BCUT2D eigenvalue weighted by Crippen LogP contribution is -2.49. The second-order valence-electron chi connectivity index (χ2n) is 6.24. The van der Waals surface area contributed by atoms with Gasteiger partial charge in [-0.25, -0.2) is 0 Å². The predicted octanol–water partition coefficient (Wildman–Crippen LogP) is 1.17. The van der Waals surface area contributed by atoms with Gasteiger partial charge in [0.1, 0.15) is 0 Å². The minimum atomic E-state index is -0.557. The number of rotatable bonds is 6. The van der Waals surface area contributed by atoms with Gasteiger partial charge in [0.05, 0.1) is 12.6 Å². The molecule has 116 valence electrons. The molecule has 1 rings (SSSR count). The van der Waals surface area contributed by atoms with Crippen molar-refractivity contribution in [3.05, 3.63) is 0 Å². The molecule has 1 saturated carbocycles. The van der Waals surface area contributed by atoms with Crippen LogP contribution in [0.4, 0.5) is 0 Å². The van der Waals surface area contributed by atoms with Crippen molar-refractivity contribution in [3.63, 3.8) is 0 Å². The number of hydrogen-bond donors (Lipinski definition) is 3. The summed E-state index contributed by atoms with van der Waals surface area (Å²) in [5.74, 6) is 0.244. The molecule has 0 aromatic rings. The van der Waals surface area contributed by atoms with Crippen LogP contribution in [0.25, 0.3) is 0 Å². The topological polar surface area (TPSA) is 84.2 Å². The van der Waals surface area contributed by atoms with Gasteiger partial charge < -0.3 is 16.4 Å². The molecule has 0 aliphatic heterocycles. The van der Waals surface area contributed by atoms with E-state index < -0.39 is 6.04 Å². The average molecular weight is 283 g/mol. The van der Waals surface area contributed by atoms with Crippen molar-refractivity contribution in [1.82, 2.24) is 10.6 Å². The Hall–Kier alpha value is -1.10. The fourth-order valence-electron chi connectivity index (χ4n) is 2.64. The maximum Gasteiger partial charge on any atom is 0.239 e. The number of carbonyl (C=O) groups is 2. The van der Waals surface area contributed by atoms with E-state index in [9.17, 15) is 9.59 Å². The summed E-state index contributed by atoms with van der Waals surface area (Å²) in [7, 11) is 0. The zero-order chi connectivity index (χ0) is 15.1. The zero-order valence-electron chi connectivity index (χ0n) is 12.9. The molecule has 0 spiro atoms. The highest BCUT2D eigenvalue weighted by Gasteiger charge is 2.22. The summed E-state index contributed by atoms with van der Waals surface area (Å²) in [5, 5.41) is 5.57. The van der Waals surface area contributed by atoms with Crippen molar-refractivity contribution in [1.29, 1.82) is 0 Å². The van der Waals surface area contributed by atoms with E-state index in [-0.39, 0.29) is 30.3 Å². The third-order valence-corrected chi connectivity index (χ3v) is 4.19. The highest BCUT2D eigenvalue weighted by molar-refractivity contribution is 5.87. The lowest BCUT2D eigenvalue weighted by atomic mass is 9.84. The fraction of sp³-hybridized carbons (Fsp3) is 0.867. The van der Waals surface area contributed by atoms with Gasteiger partial charge in [0.15, 0.2) is 0 Å². The van der Waals surface area contributed by atoms with E-state index in [0.29, 0.717) is 5.92 Å². The molecular weight excluding hydrogens is 254 g/mol. The SMILES string of the molecule is CC(C)[C@H](N)C(=O)NCC(=O)N[C@H](C)C1CCCCC1. The minimum absolute atomic E-state index is 0.0102. The molecular formula is C15H29N3O2. The Kier molecular flexibility index (Phi) is 6.99. The second-order valence-corrected chi connectivity index (χ2v) is 6.24. The van der Waals surface area contributed by atoms with Crippen molar-refractivity contribution in [2.75, 3.05) is 6.54 Å². The molecule has 5 heteroatoms. The number of nitrogens with one attached hydrogen (secondary N) is 2. The summed E-state index contributed by atoms with van der Waals surface area (Å²) >= 11 is 0. The Bertz CT molecular complexity index is 325. The monoisotopic (exact) mass is 283 g/mol. The van der Waals surface area contributed by atoms with Crippen molar-refractivity contribution in [3.8, 4) is 0 Å². The van der Waals surface area contributed by atoms with Gasteiger partial charge in [-0.3, -0.25) is 9.59 Å². The Labute approximate surface area is 122 Å². The van der Waals surface area contributed by atoms with Crippen LogP contribution in [-0.2, 0) is 9.59 Å². The Morgan fingerprint density at radius 1 is 1.15 bits per heavy atom. The van der Waals surface area contributed by atoms with Crippen LogP contribution in [0.5, 0.6) is 0 Å². The van der Waals surface area contributed by atoms with Gasteiger partial charge in [-0.2, -0.15) is 0 Å². The van der Waals surface area contributed by atoms with Gasteiger partial charge in [-0.15, -0.1) is 0 Å². The largest absolute Gasteiger partial charge is 0.352 e. The van der Waals surface area contributed by atoms with Crippen LogP contribution in [0.15, 0.2) is 0 Å². The highest BCUT2D eigenvalue weighted by Crippen LogP contribution is 2.26. The number of carbonyl (C=O) groups excluding carboxylic acids is 2. The van der Waals surface area contributed by atoms with Crippen LogP contribution in [-0.4, -0.2) is 30.4 Å². The normalized spacial score (nSPS) is 19.4. The molecule has 1 fully saturated rings. The van der Waals surface area contributed by atoms with Crippen LogP contribution in [0.3, 0.4) is 0 Å². The van der Waals surface area contributed by atoms with Crippen LogP contribution in [0.2, 0.25) is 0 Å². The molecule has 2 atom stereocenters. The van der Waals surface area contributed by atoms with Gasteiger partial charge in [0, 0.05) is 6.04 Å². The van der Waals surface area contributed by atoms with E-state index >= 15 is 0 Å². The standard InChI is InChI=1S/C15H29N3O2/c1-10(2)14(16)15(20)17-9-13(19)18-11(3)12-7-5-4-6-8-12/h10-12,14H,4-9,16H2,1-3H3,(H,17,20)(H,18,19)/t11-,14+/m1/s1. The molecule has 4 N–H and O–H groups in total. The second kappa shape index (κ2) is 8.25. The molecule has 0 radical (unpaired) electrons. The molecule has 0 saturated heterocycles. The van der Waals surface area contributed by atoms with Gasteiger partial charge in [-0.1, -0.05) is 33.1 Å². The van der Waals surface area contributed by atoms with Crippen LogP contribution < -0.4 is 16.4 Å². The summed E-state index contributed by atoms with van der Waals surface area (Å²) < 4.78 is 0. The summed E-state index contributed by atoms with van der Waals surface area (Å²) in [4.78, 5) is 23.5. The van der Waals surface area contributed by atoms with Gasteiger partial charge >= 0.3 is 0 Å². The first-order valence-corrected chi connectivity index (χ1v) is 7.74. The van der Waals surface area contributed by atoms with E-state index in [1.807, 2.05) is 13.8 Å². The van der Waals surface area contributed by atoms with Crippen LogP contribution >= 0.6 is 0 Å². The molecule has 1 aliphatic rings. The third kappa shape index (κ3) is 5.49. The number of nitrogens with two attached hydrogens (primary N) is 1. The fourth-order valence-corrected chi connectivity index (χ4v) is 2.64. The predicted molar refractivity (Wildman–Crippen MR) is 80.0 cm³/mol. The smallest absolute Gasteiger partial charge is 0.239 e. The first-order valence-electron chi connectivity index (χ1n) is 7.74. The van der Waals surface area contributed by atoms with Crippen LogP contribution in [0, 0.1) is 11.8 Å².